The van der Waals surface area contributed by atoms with Gasteiger partial charge in [-0.3, -0.25) is 19.1 Å². The summed E-state index contributed by atoms with van der Waals surface area (Å²) in [6, 6.07) is 7.16. The van der Waals surface area contributed by atoms with Crippen molar-refractivity contribution in [2.45, 2.75) is 19.1 Å². The number of carbonyl (C=O) groups excluding carboxylic acids is 1. The second-order valence-electron chi connectivity index (χ2n) is 6.92. The predicted molar refractivity (Wildman–Crippen MR) is 101 cm³/mol. The van der Waals surface area contributed by atoms with Crippen molar-refractivity contribution in [3.05, 3.63) is 40.8 Å². The Morgan fingerprint density at radius 3 is 2.59 bits per heavy atom. The van der Waals surface area contributed by atoms with Gasteiger partial charge in [-0.2, -0.15) is 13.2 Å². The highest BCUT2D eigenvalue weighted by Gasteiger charge is 2.27. The molecule has 0 saturated carbocycles. The Kier molecular flexibility index (Phi) is 6.86. The van der Waals surface area contributed by atoms with E-state index in [4.69, 9.17) is 0 Å². The third-order valence-corrected chi connectivity index (χ3v) is 4.80. The summed E-state index contributed by atoms with van der Waals surface area (Å²) < 4.78 is 42.1. The molecule has 0 N–H and O–H groups in total. The van der Waals surface area contributed by atoms with Crippen molar-refractivity contribution in [1.29, 1.82) is 0 Å². The van der Waals surface area contributed by atoms with Crippen LogP contribution in [0.1, 0.15) is 6.42 Å². The number of piperazine rings is 1. The van der Waals surface area contributed by atoms with Crippen molar-refractivity contribution < 1.29 is 22.7 Å². The average Bonchev–Trinajstić information content (AvgIpc) is 2.69. The maximum Gasteiger partial charge on any atom is 0.411 e. The third-order valence-electron chi connectivity index (χ3n) is 4.80. The monoisotopic (exact) mass is 412 g/mol. The van der Waals surface area contributed by atoms with Crippen molar-refractivity contribution in [2.75, 3.05) is 45.9 Å². The van der Waals surface area contributed by atoms with Crippen LogP contribution in [0.5, 0.6) is 0 Å². The second kappa shape index (κ2) is 9.36. The molecule has 1 amide bonds. The summed E-state index contributed by atoms with van der Waals surface area (Å²) in [4.78, 5) is 32.7. The van der Waals surface area contributed by atoms with Gasteiger partial charge >= 0.3 is 6.18 Å². The molecule has 29 heavy (non-hydrogen) atoms. The van der Waals surface area contributed by atoms with E-state index in [1.54, 1.807) is 23.1 Å². The summed E-state index contributed by atoms with van der Waals surface area (Å²) >= 11 is 0. The third kappa shape index (κ3) is 6.01. The molecular weight excluding hydrogens is 389 g/mol. The first kappa shape index (κ1) is 21.3. The molecular formula is C19H23F3N4O3. The smallest absolute Gasteiger partial charge is 0.372 e. The Hall–Kier alpha value is -2.46. The van der Waals surface area contributed by atoms with Gasteiger partial charge in [-0.1, -0.05) is 12.1 Å². The van der Waals surface area contributed by atoms with Crippen LogP contribution in [0.3, 0.4) is 0 Å². The summed E-state index contributed by atoms with van der Waals surface area (Å²) in [5, 5.41) is 0. The number of nitrogens with zero attached hydrogens (tertiary/aromatic N) is 4. The van der Waals surface area contributed by atoms with E-state index in [1.807, 2.05) is 6.07 Å². The number of carbonyl (C=O) groups is 1. The first-order valence-electron chi connectivity index (χ1n) is 9.43. The molecule has 1 fully saturated rings. The Morgan fingerprint density at radius 1 is 1.14 bits per heavy atom. The van der Waals surface area contributed by atoms with Gasteiger partial charge in [0.2, 0.25) is 5.91 Å². The van der Waals surface area contributed by atoms with Crippen LogP contribution in [-0.2, 0) is 16.1 Å². The highest BCUT2D eigenvalue weighted by molar-refractivity contribution is 5.80. The lowest BCUT2D eigenvalue weighted by Crippen LogP contribution is -2.50. The van der Waals surface area contributed by atoms with Crippen LogP contribution >= 0.6 is 0 Å². The lowest BCUT2D eigenvalue weighted by atomic mass is 10.2. The number of ether oxygens (including phenoxy) is 1. The van der Waals surface area contributed by atoms with Gasteiger partial charge in [0.1, 0.15) is 13.2 Å². The number of hydrogen-bond donors (Lipinski definition) is 0. The quantitative estimate of drug-likeness (QED) is 0.645. The zero-order valence-electron chi connectivity index (χ0n) is 15.9. The van der Waals surface area contributed by atoms with Crippen LogP contribution in [0.2, 0.25) is 0 Å². The average molecular weight is 412 g/mol. The molecule has 10 heteroatoms. The fourth-order valence-electron chi connectivity index (χ4n) is 3.31. The van der Waals surface area contributed by atoms with Gasteiger partial charge in [-0.05, 0) is 18.6 Å². The van der Waals surface area contributed by atoms with Crippen molar-refractivity contribution in [3.63, 3.8) is 0 Å². The lowest BCUT2D eigenvalue weighted by molar-refractivity contribution is -0.174. The number of rotatable bonds is 7. The molecule has 0 radical (unpaired) electrons. The van der Waals surface area contributed by atoms with Gasteiger partial charge in [-0.25, -0.2) is 4.98 Å². The van der Waals surface area contributed by atoms with Gasteiger partial charge in [0.25, 0.3) is 5.56 Å². The van der Waals surface area contributed by atoms with Gasteiger partial charge in [-0.15, -0.1) is 0 Å². The minimum Gasteiger partial charge on any atom is -0.372 e. The largest absolute Gasteiger partial charge is 0.411 e. The van der Waals surface area contributed by atoms with E-state index in [1.165, 1.54) is 10.8 Å². The molecule has 0 spiro atoms. The van der Waals surface area contributed by atoms with Gasteiger partial charge < -0.3 is 9.64 Å². The number of benzene rings is 1. The highest BCUT2D eigenvalue weighted by atomic mass is 19.4. The van der Waals surface area contributed by atoms with E-state index in [0.717, 1.165) is 0 Å². The van der Waals surface area contributed by atoms with Crippen LogP contribution in [0, 0.1) is 0 Å². The Labute approximate surface area is 165 Å². The molecule has 1 saturated heterocycles. The molecule has 0 bridgehead atoms. The minimum atomic E-state index is -4.30. The SMILES string of the molecule is O=C(Cn1c(=O)cnc2ccccc21)N1CCN(CCCOCC(F)(F)F)CC1. The number of halogens is 3. The molecule has 158 valence electrons. The number of alkyl halides is 3. The summed E-state index contributed by atoms with van der Waals surface area (Å²) in [5.41, 5.74) is 0.942. The molecule has 0 atom stereocenters. The van der Waals surface area contributed by atoms with Crippen molar-refractivity contribution in [2.24, 2.45) is 0 Å². The molecule has 2 aromatic rings. The Bertz CT molecular complexity index is 892. The molecule has 1 aromatic heterocycles. The number of fused-ring (bicyclic) bond motifs is 1. The fraction of sp³-hybridized carbons (Fsp3) is 0.526. The normalized spacial score (nSPS) is 15.8. The maximum absolute atomic E-state index is 12.7. The standard InChI is InChI=1S/C19H23F3N4O3/c20-19(21,22)14-29-11-3-6-24-7-9-25(10-8-24)18(28)13-26-16-5-2-1-4-15(16)23-12-17(26)27/h1-2,4-5,12H,3,6-11,13-14H2. The van der Waals surface area contributed by atoms with E-state index in [-0.39, 0.29) is 24.6 Å². The summed E-state index contributed by atoms with van der Waals surface area (Å²) in [7, 11) is 0. The Balaban J connectivity index is 1.46. The van der Waals surface area contributed by atoms with E-state index < -0.39 is 12.8 Å². The number of para-hydroxylation sites is 2. The van der Waals surface area contributed by atoms with E-state index >= 15 is 0 Å². The molecule has 1 aromatic carbocycles. The number of amides is 1. The number of aromatic nitrogens is 2. The summed E-state index contributed by atoms with van der Waals surface area (Å²) in [6.45, 7) is 1.70. The molecule has 0 aliphatic carbocycles. The predicted octanol–water partition coefficient (Wildman–Crippen LogP) is 1.51. The zero-order chi connectivity index (χ0) is 20.9. The van der Waals surface area contributed by atoms with E-state index in [0.29, 0.717) is 50.2 Å². The van der Waals surface area contributed by atoms with Crippen LogP contribution in [0.25, 0.3) is 11.0 Å². The topological polar surface area (TPSA) is 67.7 Å². The van der Waals surface area contributed by atoms with Gasteiger partial charge in [0.05, 0.1) is 17.2 Å². The molecule has 0 unspecified atom stereocenters. The first-order chi connectivity index (χ1) is 13.8. The van der Waals surface area contributed by atoms with Crippen molar-refractivity contribution in [3.8, 4) is 0 Å². The first-order valence-corrected chi connectivity index (χ1v) is 9.43. The highest BCUT2D eigenvalue weighted by Crippen LogP contribution is 2.14. The van der Waals surface area contributed by atoms with Crippen molar-refractivity contribution >= 4 is 16.9 Å². The lowest BCUT2D eigenvalue weighted by Gasteiger charge is -2.34. The van der Waals surface area contributed by atoms with Gasteiger partial charge in [0.15, 0.2) is 0 Å². The molecule has 1 aliphatic heterocycles. The molecule has 3 rings (SSSR count). The number of hydrogen-bond acceptors (Lipinski definition) is 5. The van der Waals surface area contributed by atoms with Gasteiger partial charge in [0, 0.05) is 39.3 Å². The molecule has 7 nitrogen and oxygen atoms in total. The maximum atomic E-state index is 12.7. The fourth-order valence-corrected chi connectivity index (χ4v) is 3.31. The van der Waals surface area contributed by atoms with Crippen LogP contribution in [-0.4, -0.2) is 77.4 Å². The van der Waals surface area contributed by atoms with E-state index in [2.05, 4.69) is 14.6 Å². The summed E-state index contributed by atoms with van der Waals surface area (Å²) in [5.74, 6) is -0.142. The van der Waals surface area contributed by atoms with Crippen LogP contribution < -0.4 is 5.56 Å². The minimum absolute atomic E-state index is 0.0485. The van der Waals surface area contributed by atoms with Crippen molar-refractivity contribution in [1.82, 2.24) is 19.4 Å². The zero-order valence-corrected chi connectivity index (χ0v) is 15.9. The Morgan fingerprint density at radius 2 is 1.86 bits per heavy atom. The second-order valence-corrected chi connectivity index (χ2v) is 6.92. The van der Waals surface area contributed by atoms with E-state index in [9.17, 15) is 22.8 Å². The molecule has 2 heterocycles. The molecule has 1 aliphatic rings. The summed E-state index contributed by atoms with van der Waals surface area (Å²) in [6.07, 6.45) is -2.58. The van der Waals surface area contributed by atoms with Crippen LogP contribution in [0.15, 0.2) is 35.3 Å². The van der Waals surface area contributed by atoms with Crippen LogP contribution in [0.4, 0.5) is 13.2 Å².